The lowest BCUT2D eigenvalue weighted by atomic mass is 9.80. The van der Waals surface area contributed by atoms with Crippen molar-refractivity contribution in [2.75, 3.05) is 27.2 Å². The molecule has 2 N–H and O–H groups in total. The number of benzene rings is 2. The minimum absolute atomic E-state index is 0.0745. The van der Waals surface area contributed by atoms with Crippen LogP contribution in [-0.2, 0) is 19.1 Å². The zero-order valence-corrected chi connectivity index (χ0v) is 39.6. The maximum Gasteiger partial charge on any atom is 0.410 e. The second kappa shape index (κ2) is 18.3. The lowest BCUT2D eigenvalue weighted by molar-refractivity contribution is -0.142. The van der Waals surface area contributed by atoms with Gasteiger partial charge in [0.1, 0.15) is 34.9 Å². The SMILES string of the molecule is CCC(C)[C@@H](C(=O)N1CCC[C@H]1c1nc2cc(C#Cc3ccc4[nH]c([C@@H]5CCCN5C(=O)[C@@H](N(C)C(=O)OC(C)(C)C)C(C)(C)CC)nc4c3)ccc2[nH]1)N(C)C(=O)OC(C)(C)C. The Kier molecular flexibility index (Phi) is 13.6. The average Bonchev–Trinajstić information content (AvgIpc) is 4.04. The Morgan fingerprint density at radius 1 is 0.730 bits per heavy atom. The molecule has 63 heavy (non-hydrogen) atoms. The van der Waals surface area contributed by atoms with E-state index in [0.717, 1.165) is 65.3 Å². The van der Waals surface area contributed by atoms with Gasteiger partial charge in [0.25, 0.3) is 0 Å². The molecule has 4 amide bonds. The van der Waals surface area contributed by atoms with Gasteiger partial charge in [-0.05, 0) is 121 Å². The molecule has 0 spiro atoms. The van der Waals surface area contributed by atoms with Crippen LogP contribution < -0.4 is 0 Å². The highest BCUT2D eigenvalue weighted by Crippen LogP contribution is 2.38. The zero-order chi connectivity index (χ0) is 46.2. The molecule has 5 atom stereocenters. The highest BCUT2D eigenvalue weighted by molar-refractivity contribution is 5.88. The van der Waals surface area contributed by atoms with Gasteiger partial charge in [0.05, 0.1) is 34.2 Å². The summed E-state index contributed by atoms with van der Waals surface area (Å²) in [6, 6.07) is 9.84. The van der Waals surface area contributed by atoms with Gasteiger partial charge >= 0.3 is 12.2 Å². The Morgan fingerprint density at radius 3 is 1.60 bits per heavy atom. The van der Waals surface area contributed by atoms with Crippen molar-refractivity contribution in [3.8, 4) is 11.8 Å². The van der Waals surface area contributed by atoms with Crippen LogP contribution in [-0.4, -0.2) is 114 Å². The Bertz CT molecular complexity index is 2390. The second-order valence-corrected chi connectivity index (χ2v) is 20.1. The number of aromatic nitrogens is 4. The number of imidazole rings is 2. The smallest absolute Gasteiger partial charge is 0.410 e. The fourth-order valence-corrected chi connectivity index (χ4v) is 8.74. The lowest BCUT2D eigenvalue weighted by Gasteiger charge is -2.41. The molecule has 2 fully saturated rings. The van der Waals surface area contributed by atoms with Crippen LogP contribution >= 0.6 is 0 Å². The van der Waals surface area contributed by atoms with Crippen molar-refractivity contribution in [3.05, 3.63) is 59.2 Å². The van der Waals surface area contributed by atoms with Crippen molar-refractivity contribution >= 4 is 46.1 Å². The third-order valence-electron chi connectivity index (χ3n) is 12.5. The summed E-state index contributed by atoms with van der Waals surface area (Å²) in [5.74, 6) is 7.73. The zero-order valence-electron chi connectivity index (χ0n) is 39.6. The number of carbonyl (C=O) groups excluding carboxylic acids is 4. The van der Waals surface area contributed by atoms with Crippen LogP contribution in [0.4, 0.5) is 9.59 Å². The van der Waals surface area contributed by atoms with Crippen LogP contribution in [0.15, 0.2) is 36.4 Å². The summed E-state index contributed by atoms with van der Waals surface area (Å²) in [4.78, 5) is 78.6. The van der Waals surface area contributed by atoms with Gasteiger partial charge in [0, 0.05) is 38.3 Å². The molecule has 2 saturated heterocycles. The number of likely N-dealkylation sites (N-methyl/N-ethyl adjacent to an activating group) is 2. The van der Waals surface area contributed by atoms with Crippen LogP contribution in [0.3, 0.4) is 0 Å². The summed E-state index contributed by atoms with van der Waals surface area (Å²) in [5.41, 5.74) is 2.92. The van der Waals surface area contributed by atoms with Crippen molar-refractivity contribution in [1.82, 2.24) is 39.5 Å². The Labute approximate surface area is 372 Å². The van der Waals surface area contributed by atoms with E-state index in [9.17, 15) is 19.2 Å². The number of ether oxygens (including phenoxy) is 2. The van der Waals surface area contributed by atoms with E-state index in [2.05, 4.69) is 21.8 Å². The lowest BCUT2D eigenvalue weighted by Crippen LogP contribution is -2.56. The molecular formula is C49H68N8O6. The molecule has 4 heterocycles. The molecule has 2 aliphatic rings. The molecule has 2 aromatic carbocycles. The molecule has 14 heteroatoms. The molecule has 0 bridgehead atoms. The molecule has 0 aliphatic carbocycles. The predicted molar refractivity (Wildman–Crippen MR) is 245 cm³/mol. The van der Waals surface area contributed by atoms with E-state index in [1.54, 1.807) is 14.1 Å². The van der Waals surface area contributed by atoms with Crippen LogP contribution in [0.1, 0.15) is 150 Å². The molecule has 0 saturated carbocycles. The Morgan fingerprint density at radius 2 is 1.17 bits per heavy atom. The van der Waals surface area contributed by atoms with Crippen LogP contribution in [0.25, 0.3) is 22.1 Å². The molecule has 2 aliphatic heterocycles. The van der Waals surface area contributed by atoms with Gasteiger partial charge in [-0.25, -0.2) is 19.6 Å². The van der Waals surface area contributed by atoms with E-state index in [4.69, 9.17) is 19.4 Å². The first-order valence-electron chi connectivity index (χ1n) is 22.6. The maximum absolute atomic E-state index is 14.4. The van der Waals surface area contributed by atoms with Gasteiger partial charge in [-0.3, -0.25) is 19.4 Å². The largest absolute Gasteiger partial charge is 0.444 e. The van der Waals surface area contributed by atoms with Crippen molar-refractivity contribution < 1.29 is 28.7 Å². The van der Waals surface area contributed by atoms with E-state index in [1.165, 1.54) is 9.80 Å². The normalized spacial score (nSPS) is 18.5. The highest BCUT2D eigenvalue weighted by atomic mass is 16.6. The summed E-state index contributed by atoms with van der Waals surface area (Å²) in [5, 5.41) is 0. The third kappa shape index (κ3) is 10.5. The van der Waals surface area contributed by atoms with Crippen molar-refractivity contribution in [1.29, 1.82) is 0 Å². The fourth-order valence-electron chi connectivity index (χ4n) is 8.74. The van der Waals surface area contributed by atoms with E-state index in [1.807, 2.05) is 122 Å². The van der Waals surface area contributed by atoms with E-state index >= 15 is 0 Å². The number of rotatable bonds is 10. The van der Waals surface area contributed by atoms with Gasteiger partial charge in [0.2, 0.25) is 11.8 Å². The number of nitrogens with zero attached hydrogens (tertiary/aromatic N) is 6. The second-order valence-electron chi connectivity index (χ2n) is 20.1. The first-order valence-corrected chi connectivity index (χ1v) is 22.6. The van der Waals surface area contributed by atoms with Gasteiger partial charge in [-0.15, -0.1) is 0 Å². The fraction of sp³-hybridized carbons (Fsp3) is 0.592. The standard InChI is InChI=1S/C49H68N8O6/c1-14-30(3)39(54(12)45(60)62-47(4,5)6)43(58)56-26-16-18-37(56)41-50-33-24-22-31(28-35(33)52-41)20-21-32-23-25-34-36(29-32)53-42(51-34)38-19-17-27-57(38)44(59)40(49(10,11)15-2)55(13)46(61)63-48(7,8)9/h22-25,28-30,37-40H,14-19,26-27H2,1-13H3,(H,50,52)(H,51,53)/t30?,37-,38-,39-,40+/m0/s1. The van der Waals surface area contributed by atoms with Gasteiger partial charge < -0.3 is 29.2 Å². The van der Waals surface area contributed by atoms with Gasteiger partial charge in [-0.2, -0.15) is 0 Å². The van der Waals surface area contributed by atoms with E-state index in [0.29, 0.717) is 31.2 Å². The Balaban J connectivity index is 1.19. The molecule has 14 nitrogen and oxygen atoms in total. The number of nitrogens with one attached hydrogen (secondary N) is 2. The number of likely N-dealkylation sites (tertiary alicyclic amines) is 2. The number of carbonyl (C=O) groups is 4. The number of aromatic amines is 2. The molecule has 2 aromatic heterocycles. The molecule has 6 rings (SSSR count). The number of H-pyrrole nitrogens is 2. The van der Waals surface area contributed by atoms with Gasteiger partial charge in [-0.1, -0.05) is 52.9 Å². The van der Waals surface area contributed by atoms with E-state index in [-0.39, 0.29) is 29.8 Å². The monoisotopic (exact) mass is 865 g/mol. The number of hydrogen-bond donors (Lipinski definition) is 2. The molecule has 4 aromatic rings. The first-order chi connectivity index (χ1) is 29.5. The van der Waals surface area contributed by atoms with E-state index < -0.39 is 40.9 Å². The molecule has 340 valence electrons. The van der Waals surface area contributed by atoms with Crippen LogP contribution in [0, 0.1) is 23.2 Å². The summed E-state index contributed by atoms with van der Waals surface area (Å²) < 4.78 is 11.3. The number of fused-ring (bicyclic) bond motifs is 2. The van der Waals surface area contributed by atoms with Gasteiger partial charge in [0.15, 0.2) is 0 Å². The van der Waals surface area contributed by atoms with Crippen LogP contribution in [0.2, 0.25) is 0 Å². The first kappa shape index (κ1) is 46.9. The topological polar surface area (TPSA) is 157 Å². The third-order valence-corrected chi connectivity index (χ3v) is 12.5. The summed E-state index contributed by atoms with van der Waals surface area (Å²) in [6.45, 7) is 22.2. The highest BCUT2D eigenvalue weighted by Gasteiger charge is 2.46. The van der Waals surface area contributed by atoms with Crippen molar-refractivity contribution in [2.45, 2.75) is 150 Å². The van der Waals surface area contributed by atoms with Crippen LogP contribution in [0.5, 0.6) is 0 Å². The van der Waals surface area contributed by atoms with Crippen molar-refractivity contribution in [2.24, 2.45) is 11.3 Å². The summed E-state index contributed by atoms with van der Waals surface area (Å²) in [7, 11) is 3.30. The summed E-state index contributed by atoms with van der Waals surface area (Å²) >= 11 is 0. The average molecular weight is 865 g/mol. The Hall–Kier alpha value is -5.58. The molecule has 1 unspecified atom stereocenters. The number of hydrogen-bond acceptors (Lipinski definition) is 8. The maximum atomic E-state index is 14.4. The van der Waals surface area contributed by atoms with Crippen molar-refractivity contribution in [3.63, 3.8) is 0 Å². The summed E-state index contributed by atoms with van der Waals surface area (Å²) in [6.07, 6.45) is 3.55. The minimum Gasteiger partial charge on any atom is -0.444 e. The molecular weight excluding hydrogens is 797 g/mol. The quantitative estimate of drug-likeness (QED) is 0.150. The molecule has 0 radical (unpaired) electrons. The minimum atomic E-state index is -0.718. The number of amides is 4. The predicted octanol–water partition coefficient (Wildman–Crippen LogP) is 9.12.